The summed E-state index contributed by atoms with van der Waals surface area (Å²) in [6.07, 6.45) is 2.66. The lowest BCUT2D eigenvalue weighted by molar-refractivity contribution is -0.127. The summed E-state index contributed by atoms with van der Waals surface area (Å²) >= 11 is 0. The van der Waals surface area contributed by atoms with Crippen molar-refractivity contribution in [2.75, 3.05) is 33.7 Å². The van der Waals surface area contributed by atoms with Crippen LogP contribution in [0.2, 0.25) is 0 Å². The maximum absolute atomic E-state index is 13.6. The Morgan fingerprint density at radius 2 is 1.88 bits per heavy atom. The minimum atomic E-state index is -0.200. The second-order valence-corrected chi connectivity index (χ2v) is 5.50. The Kier molecular flexibility index (Phi) is 12.2. The number of amides is 1. The van der Waals surface area contributed by atoms with Crippen molar-refractivity contribution in [1.82, 2.24) is 15.5 Å². The molecule has 0 aliphatic carbocycles. The van der Waals surface area contributed by atoms with E-state index in [9.17, 15) is 9.18 Å². The summed E-state index contributed by atoms with van der Waals surface area (Å²) in [6, 6.07) is 6.73. The van der Waals surface area contributed by atoms with Crippen molar-refractivity contribution in [3.05, 3.63) is 35.6 Å². The zero-order valence-electron chi connectivity index (χ0n) is 14.6. The van der Waals surface area contributed by atoms with Crippen LogP contribution in [-0.4, -0.2) is 50.5 Å². The van der Waals surface area contributed by atoms with Crippen LogP contribution in [0.25, 0.3) is 0 Å². The van der Waals surface area contributed by atoms with Crippen molar-refractivity contribution in [3.63, 3.8) is 0 Å². The molecule has 0 aliphatic rings. The van der Waals surface area contributed by atoms with Gasteiger partial charge in [0, 0.05) is 27.2 Å². The first kappa shape index (κ1) is 22.6. The van der Waals surface area contributed by atoms with Crippen molar-refractivity contribution < 1.29 is 9.18 Å². The molecular formula is C17H28FIN4O. The SMILES string of the molecule is CCCCNC(=NCC(=O)N(C)C)NCCc1ccccc1F.I. The normalized spacial score (nSPS) is 10.8. The number of nitrogens with zero attached hydrogens (tertiary/aromatic N) is 2. The number of guanidine groups is 1. The molecule has 5 nitrogen and oxygen atoms in total. The van der Waals surface area contributed by atoms with E-state index in [1.54, 1.807) is 26.2 Å². The third kappa shape index (κ3) is 9.05. The molecule has 0 radical (unpaired) electrons. The van der Waals surface area contributed by atoms with Crippen LogP contribution in [0.1, 0.15) is 25.3 Å². The number of aliphatic imine (C=N–C) groups is 1. The summed E-state index contributed by atoms with van der Waals surface area (Å²) in [4.78, 5) is 17.4. The molecule has 0 heterocycles. The van der Waals surface area contributed by atoms with Gasteiger partial charge in [0.25, 0.3) is 0 Å². The monoisotopic (exact) mass is 450 g/mol. The molecule has 0 atom stereocenters. The third-order valence-corrected chi connectivity index (χ3v) is 3.34. The van der Waals surface area contributed by atoms with E-state index >= 15 is 0 Å². The Morgan fingerprint density at radius 3 is 2.50 bits per heavy atom. The van der Waals surface area contributed by atoms with E-state index in [4.69, 9.17) is 0 Å². The molecule has 1 rings (SSSR count). The summed E-state index contributed by atoms with van der Waals surface area (Å²) in [5, 5.41) is 6.34. The van der Waals surface area contributed by atoms with Gasteiger partial charge in [0.05, 0.1) is 0 Å². The highest BCUT2D eigenvalue weighted by Crippen LogP contribution is 2.06. The maximum Gasteiger partial charge on any atom is 0.243 e. The molecule has 0 bridgehead atoms. The van der Waals surface area contributed by atoms with E-state index in [0.717, 1.165) is 19.4 Å². The highest BCUT2D eigenvalue weighted by atomic mass is 127. The summed E-state index contributed by atoms with van der Waals surface area (Å²) in [7, 11) is 3.40. The molecule has 1 aromatic carbocycles. The average Bonchev–Trinajstić information content (AvgIpc) is 2.53. The zero-order valence-corrected chi connectivity index (χ0v) is 17.0. The molecule has 0 saturated heterocycles. The number of rotatable bonds is 8. The highest BCUT2D eigenvalue weighted by Gasteiger charge is 2.05. The van der Waals surface area contributed by atoms with E-state index in [1.807, 2.05) is 6.07 Å². The molecule has 2 N–H and O–H groups in total. The van der Waals surface area contributed by atoms with Gasteiger partial charge in [-0.3, -0.25) is 4.79 Å². The number of carbonyl (C=O) groups excluding carboxylic acids is 1. The van der Waals surface area contributed by atoms with E-state index in [0.29, 0.717) is 24.5 Å². The Morgan fingerprint density at radius 1 is 1.21 bits per heavy atom. The van der Waals surface area contributed by atoms with Gasteiger partial charge in [0.2, 0.25) is 5.91 Å². The lowest BCUT2D eigenvalue weighted by Crippen LogP contribution is -2.40. The van der Waals surface area contributed by atoms with E-state index < -0.39 is 0 Å². The second-order valence-electron chi connectivity index (χ2n) is 5.50. The van der Waals surface area contributed by atoms with Gasteiger partial charge in [-0.25, -0.2) is 9.38 Å². The molecule has 136 valence electrons. The fraction of sp³-hybridized carbons (Fsp3) is 0.529. The minimum Gasteiger partial charge on any atom is -0.356 e. The number of hydrogen-bond acceptors (Lipinski definition) is 2. The van der Waals surface area contributed by atoms with Crippen LogP contribution in [0.3, 0.4) is 0 Å². The maximum atomic E-state index is 13.6. The molecular weight excluding hydrogens is 422 g/mol. The van der Waals surface area contributed by atoms with Crippen molar-refractivity contribution >= 4 is 35.8 Å². The average molecular weight is 450 g/mol. The van der Waals surface area contributed by atoms with Gasteiger partial charge in [-0.05, 0) is 24.5 Å². The lowest BCUT2D eigenvalue weighted by Gasteiger charge is -2.13. The van der Waals surface area contributed by atoms with Gasteiger partial charge in [0.1, 0.15) is 12.4 Å². The largest absolute Gasteiger partial charge is 0.356 e. The summed E-state index contributed by atoms with van der Waals surface area (Å²) in [6.45, 7) is 3.54. The van der Waals surface area contributed by atoms with Crippen LogP contribution in [0.4, 0.5) is 4.39 Å². The minimum absolute atomic E-state index is 0. The Balaban J connectivity index is 0.00000529. The van der Waals surface area contributed by atoms with Crippen LogP contribution in [0, 0.1) is 5.82 Å². The number of halogens is 2. The molecule has 1 amide bonds. The number of benzene rings is 1. The molecule has 0 aliphatic heterocycles. The van der Waals surface area contributed by atoms with Crippen LogP contribution < -0.4 is 10.6 Å². The topological polar surface area (TPSA) is 56.7 Å². The van der Waals surface area contributed by atoms with Crippen molar-refractivity contribution in [1.29, 1.82) is 0 Å². The first-order valence-corrected chi connectivity index (χ1v) is 8.00. The third-order valence-electron chi connectivity index (χ3n) is 3.34. The molecule has 0 saturated carbocycles. The van der Waals surface area contributed by atoms with Gasteiger partial charge >= 0.3 is 0 Å². The van der Waals surface area contributed by atoms with E-state index in [2.05, 4.69) is 22.5 Å². The highest BCUT2D eigenvalue weighted by molar-refractivity contribution is 14.0. The molecule has 1 aromatic rings. The number of carbonyl (C=O) groups is 1. The molecule has 0 unspecified atom stereocenters. The fourth-order valence-corrected chi connectivity index (χ4v) is 1.86. The van der Waals surface area contributed by atoms with Crippen LogP contribution in [0.5, 0.6) is 0 Å². The van der Waals surface area contributed by atoms with Gasteiger partial charge in [-0.2, -0.15) is 0 Å². The standard InChI is InChI=1S/C17H27FN4O.HI/c1-4-5-11-19-17(21-13-16(23)22(2)3)20-12-10-14-8-6-7-9-15(14)18;/h6-9H,4-5,10-13H2,1-3H3,(H2,19,20,21);1H. The first-order valence-electron chi connectivity index (χ1n) is 8.00. The second kappa shape index (κ2) is 13.0. The van der Waals surface area contributed by atoms with Gasteiger partial charge < -0.3 is 15.5 Å². The van der Waals surface area contributed by atoms with Gasteiger partial charge in [-0.1, -0.05) is 31.5 Å². The number of hydrogen-bond donors (Lipinski definition) is 2. The van der Waals surface area contributed by atoms with Crippen molar-refractivity contribution in [3.8, 4) is 0 Å². The summed E-state index contributed by atoms with van der Waals surface area (Å²) in [5.41, 5.74) is 0.664. The Bertz CT molecular complexity index is 523. The summed E-state index contributed by atoms with van der Waals surface area (Å²) in [5.74, 6) is 0.329. The van der Waals surface area contributed by atoms with E-state index in [-0.39, 0.29) is 42.2 Å². The Labute approximate surface area is 161 Å². The smallest absolute Gasteiger partial charge is 0.243 e. The van der Waals surface area contributed by atoms with Gasteiger partial charge in [0.15, 0.2) is 5.96 Å². The quantitative estimate of drug-likeness (QED) is 0.277. The number of unbranched alkanes of at least 4 members (excludes halogenated alkanes) is 1. The van der Waals surface area contributed by atoms with E-state index in [1.165, 1.54) is 11.0 Å². The van der Waals surface area contributed by atoms with Crippen molar-refractivity contribution in [2.45, 2.75) is 26.2 Å². The number of likely N-dealkylation sites (N-methyl/N-ethyl adjacent to an activating group) is 1. The van der Waals surface area contributed by atoms with Crippen LogP contribution >= 0.6 is 24.0 Å². The molecule has 7 heteroatoms. The molecule has 0 aromatic heterocycles. The fourth-order valence-electron chi connectivity index (χ4n) is 1.86. The Hall–Kier alpha value is -1.38. The van der Waals surface area contributed by atoms with Crippen LogP contribution in [0.15, 0.2) is 29.3 Å². The van der Waals surface area contributed by atoms with Crippen molar-refractivity contribution in [2.24, 2.45) is 4.99 Å². The predicted molar refractivity (Wildman–Crippen MR) is 107 cm³/mol. The van der Waals surface area contributed by atoms with Gasteiger partial charge in [-0.15, -0.1) is 24.0 Å². The first-order chi connectivity index (χ1) is 11.0. The zero-order chi connectivity index (χ0) is 17.1. The predicted octanol–water partition coefficient (Wildman–Crippen LogP) is 2.41. The molecule has 24 heavy (non-hydrogen) atoms. The van der Waals surface area contributed by atoms with Crippen LogP contribution in [-0.2, 0) is 11.2 Å². The number of nitrogens with one attached hydrogen (secondary N) is 2. The lowest BCUT2D eigenvalue weighted by atomic mass is 10.1. The molecule has 0 spiro atoms. The summed E-state index contributed by atoms with van der Waals surface area (Å²) < 4.78 is 13.6. The molecule has 0 fully saturated rings.